The number of nitrogens with zero attached hydrogens (tertiary/aromatic N) is 1. The predicted molar refractivity (Wildman–Crippen MR) is 110 cm³/mol. The van der Waals surface area contributed by atoms with Crippen LogP contribution in [0.5, 0.6) is 0 Å². The van der Waals surface area contributed by atoms with Gasteiger partial charge in [-0.1, -0.05) is 25.7 Å². The Morgan fingerprint density at radius 2 is 1.75 bits per heavy atom. The molecular weight excluding hydrogens is 346 g/mol. The van der Waals surface area contributed by atoms with Crippen LogP contribution in [0.15, 0.2) is 0 Å². The van der Waals surface area contributed by atoms with E-state index in [1.165, 1.54) is 38.5 Å². The first-order chi connectivity index (χ1) is 13.4. The lowest BCUT2D eigenvalue weighted by Gasteiger charge is -2.61. The summed E-state index contributed by atoms with van der Waals surface area (Å²) in [6.07, 6.45) is 12.0. The molecule has 0 saturated heterocycles. The van der Waals surface area contributed by atoms with Crippen molar-refractivity contribution in [2.45, 2.75) is 96.2 Å². The zero-order chi connectivity index (χ0) is 20.0. The van der Waals surface area contributed by atoms with Gasteiger partial charge in [0, 0.05) is 20.0 Å². The van der Waals surface area contributed by atoms with Crippen LogP contribution in [0.3, 0.4) is 0 Å². The molecule has 4 rings (SSSR count). The highest BCUT2D eigenvalue weighted by Crippen LogP contribution is 2.67. The summed E-state index contributed by atoms with van der Waals surface area (Å²) in [5.74, 6) is 9.27. The minimum atomic E-state index is -0.829. The lowest BCUT2D eigenvalue weighted by Crippen LogP contribution is -2.56. The molecule has 3 heteroatoms. The Morgan fingerprint density at radius 1 is 0.964 bits per heavy atom. The summed E-state index contributed by atoms with van der Waals surface area (Å²) >= 11 is 0. The molecular formula is C25H37NO2. The standard InChI is InChI=1S/C25H37NO2/c1-23-14-15-25(27,12-5-4-6-16-26)17-18(23)7-8-19-20-9-10-22(28-3)24(20,2)13-11-21(19)23/h18-22,27H,4,6-11,13-15,17H2,1-3H3/t18-,19+,20+,21+,22+,23+,24+,25-/m1/s1. The maximum atomic E-state index is 11.1. The van der Waals surface area contributed by atoms with E-state index in [4.69, 9.17) is 10.00 Å². The van der Waals surface area contributed by atoms with E-state index >= 15 is 0 Å². The number of unbranched alkanes of at least 4 members (excludes halogenated alkanes) is 1. The van der Waals surface area contributed by atoms with Crippen molar-refractivity contribution in [2.75, 3.05) is 7.11 Å². The molecule has 4 saturated carbocycles. The van der Waals surface area contributed by atoms with Gasteiger partial charge in [-0.05, 0) is 92.3 Å². The smallest absolute Gasteiger partial charge is 0.125 e. The topological polar surface area (TPSA) is 53.2 Å². The Hall–Kier alpha value is -1.03. The van der Waals surface area contributed by atoms with Crippen LogP contribution >= 0.6 is 0 Å². The van der Waals surface area contributed by atoms with Crippen LogP contribution < -0.4 is 0 Å². The highest BCUT2D eigenvalue weighted by Gasteiger charge is 2.61. The molecule has 3 nitrogen and oxygen atoms in total. The van der Waals surface area contributed by atoms with Crippen molar-refractivity contribution >= 4 is 0 Å². The van der Waals surface area contributed by atoms with Gasteiger partial charge in [0.1, 0.15) is 5.60 Å². The van der Waals surface area contributed by atoms with Crippen molar-refractivity contribution < 1.29 is 9.84 Å². The first kappa shape index (κ1) is 20.3. The largest absolute Gasteiger partial charge is 0.381 e. The minimum absolute atomic E-state index is 0.357. The Balaban J connectivity index is 1.50. The predicted octanol–water partition coefficient (Wildman–Crippen LogP) is 5.08. The minimum Gasteiger partial charge on any atom is -0.381 e. The quantitative estimate of drug-likeness (QED) is 0.534. The van der Waals surface area contributed by atoms with E-state index in [0.29, 0.717) is 35.7 Å². The molecule has 4 aliphatic rings. The van der Waals surface area contributed by atoms with Gasteiger partial charge in [0.25, 0.3) is 0 Å². The summed E-state index contributed by atoms with van der Waals surface area (Å²) in [6.45, 7) is 5.03. The number of fused-ring (bicyclic) bond motifs is 5. The van der Waals surface area contributed by atoms with Gasteiger partial charge in [0.05, 0.1) is 12.2 Å². The van der Waals surface area contributed by atoms with Gasteiger partial charge in [0.15, 0.2) is 0 Å². The Bertz CT molecular complexity index is 702. The molecule has 0 heterocycles. The average Bonchev–Trinajstić information content (AvgIpc) is 3.02. The van der Waals surface area contributed by atoms with Crippen LogP contribution in [-0.2, 0) is 4.74 Å². The summed E-state index contributed by atoms with van der Waals surface area (Å²) in [5.41, 5.74) is -0.0964. The van der Waals surface area contributed by atoms with E-state index in [1.54, 1.807) is 0 Å². The lowest BCUT2D eigenvalue weighted by molar-refractivity contribution is -0.146. The second kappa shape index (κ2) is 7.34. The van der Waals surface area contributed by atoms with Gasteiger partial charge in [-0.3, -0.25) is 0 Å². The molecule has 0 radical (unpaired) electrons. The van der Waals surface area contributed by atoms with Crippen molar-refractivity contribution in [1.29, 1.82) is 5.26 Å². The number of aliphatic hydroxyl groups is 1. The van der Waals surface area contributed by atoms with Crippen molar-refractivity contribution in [3.05, 3.63) is 0 Å². The number of rotatable bonds is 2. The highest BCUT2D eigenvalue weighted by atomic mass is 16.5. The van der Waals surface area contributed by atoms with Gasteiger partial charge >= 0.3 is 0 Å². The third kappa shape index (κ3) is 3.11. The second-order valence-electron chi connectivity index (χ2n) is 10.7. The molecule has 0 aromatic heterocycles. The van der Waals surface area contributed by atoms with E-state index in [9.17, 15) is 5.11 Å². The van der Waals surface area contributed by atoms with E-state index in [-0.39, 0.29) is 0 Å². The zero-order valence-corrected chi connectivity index (χ0v) is 18.0. The molecule has 8 atom stereocenters. The van der Waals surface area contributed by atoms with Crippen LogP contribution in [0.1, 0.15) is 84.5 Å². The van der Waals surface area contributed by atoms with E-state index in [0.717, 1.165) is 37.0 Å². The van der Waals surface area contributed by atoms with Crippen molar-refractivity contribution in [1.82, 2.24) is 0 Å². The van der Waals surface area contributed by atoms with Gasteiger partial charge in [-0.15, -0.1) is 0 Å². The molecule has 1 N–H and O–H groups in total. The molecule has 0 unspecified atom stereocenters. The Labute approximate surface area is 171 Å². The molecule has 0 aromatic rings. The fourth-order valence-corrected chi connectivity index (χ4v) is 8.04. The number of nitriles is 1. The molecule has 154 valence electrons. The van der Waals surface area contributed by atoms with Crippen molar-refractivity contribution in [3.63, 3.8) is 0 Å². The summed E-state index contributed by atoms with van der Waals surface area (Å²) < 4.78 is 5.91. The number of hydrogen-bond donors (Lipinski definition) is 1. The number of ether oxygens (including phenoxy) is 1. The van der Waals surface area contributed by atoms with Crippen LogP contribution in [0, 0.1) is 57.7 Å². The maximum Gasteiger partial charge on any atom is 0.125 e. The monoisotopic (exact) mass is 383 g/mol. The van der Waals surface area contributed by atoms with Crippen LogP contribution in [-0.4, -0.2) is 23.9 Å². The van der Waals surface area contributed by atoms with Crippen molar-refractivity contribution in [2.24, 2.45) is 34.5 Å². The van der Waals surface area contributed by atoms with Crippen LogP contribution in [0.2, 0.25) is 0 Å². The van der Waals surface area contributed by atoms with E-state index in [1.807, 2.05) is 7.11 Å². The third-order valence-corrected chi connectivity index (χ3v) is 9.61. The third-order valence-electron chi connectivity index (χ3n) is 9.61. The Kier molecular flexibility index (Phi) is 5.31. The molecule has 0 spiro atoms. The van der Waals surface area contributed by atoms with Gasteiger partial charge in [0.2, 0.25) is 0 Å². The summed E-state index contributed by atoms with van der Waals surface area (Å²) in [6, 6.07) is 2.14. The van der Waals surface area contributed by atoms with E-state index < -0.39 is 5.60 Å². The average molecular weight is 384 g/mol. The number of methoxy groups -OCH3 is 1. The molecule has 0 amide bonds. The molecule has 0 aromatic carbocycles. The fraction of sp³-hybridized carbons (Fsp3) is 0.880. The fourth-order valence-electron chi connectivity index (χ4n) is 8.04. The first-order valence-electron chi connectivity index (χ1n) is 11.5. The number of hydrogen-bond acceptors (Lipinski definition) is 3. The summed E-state index contributed by atoms with van der Waals surface area (Å²) in [4.78, 5) is 0. The lowest BCUT2D eigenvalue weighted by atomic mass is 9.44. The van der Waals surface area contributed by atoms with Crippen molar-refractivity contribution in [3.8, 4) is 17.9 Å². The normalized spacial score (nSPS) is 49.8. The summed E-state index contributed by atoms with van der Waals surface area (Å²) in [5, 5.41) is 19.8. The molecule has 0 bridgehead atoms. The first-order valence-corrected chi connectivity index (χ1v) is 11.5. The Morgan fingerprint density at radius 3 is 2.50 bits per heavy atom. The van der Waals surface area contributed by atoms with E-state index in [2.05, 4.69) is 31.8 Å². The zero-order valence-electron chi connectivity index (χ0n) is 18.0. The maximum absolute atomic E-state index is 11.1. The van der Waals surface area contributed by atoms with Crippen LogP contribution in [0.25, 0.3) is 0 Å². The highest BCUT2D eigenvalue weighted by molar-refractivity contribution is 5.19. The molecule has 4 fully saturated rings. The molecule has 28 heavy (non-hydrogen) atoms. The molecule has 0 aliphatic heterocycles. The van der Waals surface area contributed by atoms with Gasteiger partial charge < -0.3 is 9.84 Å². The SMILES string of the molecule is CO[C@H]1CC[C@H]2[C@@H]3CC[C@@H]4C[C@@](O)(C#CCCC#N)CC[C@]4(C)[C@H]3CC[C@]12C. The second-order valence-corrected chi connectivity index (χ2v) is 10.7. The van der Waals surface area contributed by atoms with Gasteiger partial charge in [-0.25, -0.2) is 0 Å². The molecule has 4 aliphatic carbocycles. The van der Waals surface area contributed by atoms with Crippen LogP contribution in [0.4, 0.5) is 0 Å². The summed E-state index contributed by atoms with van der Waals surface area (Å²) in [7, 11) is 1.90. The van der Waals surface area contributed by atoms with Gasteiger partial charge in [-0.2, -0.15) is 5.26 Å².